The molecule has 11 heteroatoms. The van der Waals surface area contributed by atoms with Gasteiger partial charge in [-0.15, -0.1) is 10.2 Å². The molecule has 0 unspecified atom stereocenters. The Balaban J connectivity index is 1.55. The number of nitrogens with zero attached hydrogens (tertiary/aromatic N) is 5. The van der Waals surface area contributed by atoms with E-state index in [0.717, 1.165) is 5.56 Å². The van der Waals surface area contributed by atoms with Crippen molar-refractivity contribution in [3.8, 4) is 11.6 Å². The van der Waals surface area contributed by atoms with Crippen LogP contribution in [-0.2, 0) is 13.1 Å². The number of nitrogens with one attached hydrogen (secondary N) is 2. The number of carbonyl (C=O) groups is 1. The van der Waals surface area contributed by atoms with E-state index in [4.69, 9.17) is 4.74 Å². The number of tetrazole rings is 1. The number of aromatic nitrogens is 6. The molecular weight excluding hydrogens is 378 g/mol. The van der Waals surface area contributed by atoms with E-state index in [1.807, 2.05) is 30.3 Å². The predicted molar refractivity (Wildman–Crippen MR) is 100 cm³/mol. The molecule has 29 heavy (non-hydrogen) atoms. The zero-order chi connectivity index (χ0) is 20.2. The van der Waals surface area contributed by atoms with E-state index in [0.29, 0.717) is 6.54 Å². The highest BCUT2D eigenvalue weighted by molar-refractivity contribution is 5.88. The van der Waals surface area contributed by atoms with E-state index in [-0.39, 0.29) is 34.6 Å². The van der Waals surface area contributed by atoms with Crippen LogP contribution in [0.3, 0.4) is 0 Å². The standard InChI is InChI=1S/C18H15N7O4/c26-15-12-6-7-25(10-11-4-2-1-3-5-11)17(27)13(12)8-19-16(15)29-18(28)20-9-14-21-23-24-22-14/h1-8,26H,9-10H2,(H,20,28)(H,21,22,23,24). The van der Waals surface area contributed by atoms with Crippen LogP contribution >= 0.6 is 0 Å². The van der Waals surface area contributed by atoms with Crippen molar-refractivity contribution < 1.29 is 14.6 Å². The number of H-pyrrole nitrogens is 1. The molecule has 4 rings (SSSR count). The van der Waals surface area contributed by atoms with Crippen LogP contribution in [0.25, 0.3) is 10.8 Å². The lowest BCUT2D eigenvalue weighted by atomic mass is 10.2. The van der Waals surface area contributed by atoms with Gasteiger partial charge >= 0.3 is 6.09 Å². The number of amides is 1. The fourth-order valence-corrected chi connectivity index (χ4v) is 2.73. The van der Waals surface area contributed by atoms with Gasteiger partial charge in [0, 0.05) is 17.8 Å². The topological polar surface area (TPSA) is 148 Å². The number of pyridine rings is 2. The quantitative estimate of drug-likeness (QED) is 0.454. The lowest BCUT2D eigenvalue weighted by Crippen LogP contribution is -2.27. The van der Waals surface area contributed by atoms with Crippen molar-refractivity contribution in [1.29, 1.82) is 0 Å². The number of rotatable bonds is 5. The van der Waals surface area contributed by atoms with Gasteiger partial charge in [0.2, 0.25) is 0 Å². The fourth-order valence-electron chi connectivity index (χ4n) is 2.73. The van der Waals surface area contributed by atoms with Crippen molar-refractivity contribution in [2.75, 3.05) is 0 Å². The lowest BCUT2D eigenvalue weighted by Gasteiger charge is -2.10. The van der Waals surface area contributed by atoms with Crippen LogP contribution in [0.5, 0.6) is 11.6 Å². The molecule has 4 aromatic rings. The van der Waals surface area contributed by atoms with Crippen molar-refractivity contribution in [2.24, 2.45) is 0 Å². The van der Waals surface area contributed by atoms with Crippen LogP contribution in [0.1, 0.15) is 11.4 Å². The summed E-state index contributed by atoms with van der Waals surface area (Å²) in [6.45, 7) is 0.362. The number of hydrogen-bond acceptors (Lipinski definition) is 8. The summed E-state index contributed by atoms with van der Waals surface area (Å²) < 4.78 is 6.52. The van der Waals surface area contributed by atoms with Crippen LogP contribution < -0.4 is 15.6 Å². The highest BCUT2D eigenvalue weighted by atomic mass is 16.6. The average molecular weight is 393 g/mol. The molecule has 0 aliphatic heterocycles. The summed E-state index contributed by atoms with van der Waals surface area (Å²) in [5.41, 5.74) is 0.645. The second-order valence-electron chi connectivity index (χ2n) is 6.04. The number of ether oxygens (including phenoxy) is 1. The minimum Gasteiger partial charge on any atom is -0.503 e. The Morgan fingerprint density at radius 1 is 1.21 bits per heavy atom. The largest absolute Gasteiger partial charge is 0.503 e. The van der Waals surface area contributed by atoms with E-state index in [1.165, 1.54) is 10.8 Å². The van der Waals surface area contributed by atoms with Gasteiger partial charge in [0.05, 0.1) is 18.5 Å². The van der Waals surface area contributed by atoms with E-state index in [1.54, 1.807) is 12.3 Å². The molecule has 1 amide bonds. The maximum atomic E-state index is 12.7. The van der Waals surface area contributed by atoms with Crippen molar-refractivity contribution in [3.63, 3.8) is 0 Å². The molecule has 3 heterocycles. The summed E-state index contributed by atoms with van der Waals surface area (Å²) in [6.07, 6.45) is 1.97. The first kappa shape index (κ1) is 18.1. The Bertz CT molecular complexity index is 1210. The number of fused-ring (bicyclic) bond motifs is 1. The van der Waals surface area contributed by atoms with E-state index in [2.05, 4.69) is 30.9 Å². The maximum absolute atomic E-state index is 12.7. The van der Waals surface area contributed by atoms with Gasteiger partial charge in [0.1, 0.15) is 0 Å². The smallest absolute Gasteiger partial charge is 0.414 e. The van der Waals surface area contributed by atoms with Gasteiger partial charge < -0.3 is 19.7 Å². The molecule has 0 atom stereocenters. The molecule has 1 aromatic carbocycles. The van der Waals surface area contributed by atoms with Gasteiger partial charge in [-0.3, -0.25) is 4.79 Å². The molecule has 11 nitrogen and oxygen atoms in total. The van der Waals surface area contributed by atoms with Crippen LogP contribution in [0.15, 0.2) is 53.6 Å². The molecule has 0 spiro atoms. The SMILES string of the molecule is O=C(NCc1nn[nH]n1)Oc1ncc2c(=O)n(Cc3ccccc3)ccc2c1O. The summed E-state index contributed by atoms with van der Waals surface area (Å²) in [7, 11) is 0. The first-order valence-corrected chi connectivity index (χ1v) is 8.55. The minimum absolute atomic E-state index is 0.0200. The number of benzene rings is 1. The third-order valence-corrected chi connectivity index (χ3v) is 4.14. The van der Waals surface area contributed by atoms with Crippen molar-refractivity contribution in [3.05, 3.63) is 70.5 Å². The van der Waals surface area contributed by atoms with Crippen LogP contribution in [0, 0.1) is 0 Å². The zero-order valence-electron chi connectivity index (χ0n) is 14.9. The lowest BCUT2D eigenvalue weighted by molar-refractivity contribution is 0.196. The summed E-state index contributed by atoms with van der Waals surface area (Å²) in [6, 6.07) is 11.1. The first-order valence-electron chi connectivity index (χ1n) is 8.55. The molecule has 0 radical (unpaired) electrons. The molecule has 0 bridgehead atoms. The van der Waals surface area contributed by atoms with Gasteiger partial charge in [0.25, 0.3) is 11.4 Å². The predicted octanol–water partition coefficient (Wildman–Crippen LogP) is 0.952. The van der Waals surface area contributed by atoms with Gasteiger partial charge in [0.15, 0.2) is 11.6 Å². The Morgan fingerprint density at radius 3 is 2.79 bits per heavy atom. The Kier molecular flexibility index (Phi) is 4.84. The third-order valence-electron chi connectivity index (χ3n) is 4.14. The molecule has 0 fully saturated rings. The summed E-state index contributed by atoms with van der Waals surface area (Å²) in [5.74, 6) is -0.457. The van der Waals surface area contributed by atoms with Crippen LogP contribution in [0.2, 0.25) is 0 Å². The fraction of sp³-hybridized carbons (Fsp3) is 0.111. The van der Waals surface area contributed by atoms with E-state index < -0.39 is 11.8 Å². The number of aromatic hydroxyl groups is 1. The molecular formula is C18H15N7O4. The highest BCUT2D eigenvalue weighted by Crippen LogP contribution is 2.30. The van der Waals surface area contributed by atoms with Gasteiger partial charge in [-0.1, -0.05) is 35.5 Å². The second-order valence-corrected chi connectivity index (χ2v) is 6.04. The average Bonchev–Trinajstić information content (AvgIpc) is 3.25. The van der Waals surface area contributed by atoms with E-state index in [9.17, 15) is 14.7 Å². The second kappa shape index (κ2) is 7.76. The highest BCUT2D eigenvalue weighted by Gasteiger charge is 2.16. The third kappa shape index (κ3) is 3.88. The van der Waals surface area contributed by atoms with Crippen molar-refractivity contribution in [1.82, 2.24) is 35.5 Å². The number of aromatic amines is 1. The van der Waals surface area contributed by atoms with Crippen LogP contribution in [-0.4, -0.2) is 41.4 Å². The van der Waals surface area contributed by atoms with Gasteiger partial charge in [-0.25, -0.2) is 9.78 Å². The molecule has 3 aromatic heterocycles. The summed E-state index contributed by atoms with van der Waals surface area (Å²) >= 11 is 0. The number of carbonyl (C=O) groups excluding carboxylic acids is 1. The first-order chi connectivity index (χ1) is 14.1. The monoisotopic (exact) mass is 393 g/mol. The van der Waals surface area contributed by atoms with Crippen molar-refractivity contribution in [2.45, 2.75) is 13.1 Å². The molecule has 3 N–H and O–H groups in total. The molecule has 0 aliphatic carbocycles. The minimum atomic E-state index is -0.866. The summed E-state index contributed by atoms with van der Waals surface area (Å²) in [4.78, 5) is 28.5. The number of hydrogen-bond donors (Lipinski definition) is 3. The van der Waals surface area contributed by atoms with E-state index >= 15 is 0 Å². The molecule has 146 valence electrons. The van der Waals surface area contributed by atoms with Crippen molar-refractivity contribution >= 4 is 16.9 Å². The normalized spacial score (nSPS) is 10.8. The molecule has 0 saturated heterocycles. The Hall–Kier alpha value is -4.28. The van der Waals surface area contributed by atoms with Crippen LogP contribution in [0.4, 0.5) is 4.79 Å². The summed E-state index contributed by atoms with van der Waals surface area (Å²) in [5, 5.41) is 26.2. The molecule has 0 saturated carbocycles. The maximum Gasteiger partial charge on any atom is 0.414 e. The Labute approximate surface area is 163 Å². The zero-order valence-corrected chi connectivity index (χ0v) is 14.9. The Morgan fingerprint density at radius 2 is 2.03 bits per heavy atom. The van der Waals surface area contributed by atoms with Gasteiger partial charge in [-0.2, -0.15) is 5.21 Å². The molecule has 0 aliphatic rings. The van der Waals surface area contributed by atoms with Gasteiger partial charge in [-0.05, 0) is 11.6 Å².